The number of nitrogens with zero attached hydrogens (tertiary/aromatic N) is 5. The number of benzene rings is 1. The van der Waals surface area contributed by atoms with Gasteiger partial charge >= 0.3 is 0 Å². The predicted molar refractivity (Wildman–Crippen MR) is 82.6 cm³/mol. The summed E-state index contributed by atoms with van der Waals surface area (Å²) in [4.78, 5) is 17.8. The number of hydrogen-bond acceptors (Lipinski definition) is 6. The Labute approximate surface area is 127 Å². The smallest absolute Gasteiger partial charge is 0.174 e. The Morgan fingerprint density at radius 3 is 2.95 bits per heavy atom. The number of aromatic amines is 1. The molecule has 1 aromatic carbocycles. The van der Waals surface area contributed by atoms with Crippen LogP contribution in [0, 0.1) is 11.3 Å². The monoisotopic (exact) mass is 294 g/mol. The van der Waals surface area contributed by atoms with Crippen molar-refractivity contribution >= 4 is 16.9 Å². The molecule has 7 heteroatoms. The number of rotatable bonds is 4. The van der Waals surface area contributed by atoms with Crippen molar-refractivity contribution in [2.75, 3.05) is 25.6 Å². The predicted octanol–water partition coefficient (Wildman–Crippen LogP) is 1.99. The zero-order valence-electron chi connectivity index (χ0n) is 12.2. The van der Waals surface area contributed by atoms with Crippen LogP contribution in [0.25, 0.3) is 22.6 Å². The first-order valence-corrected chi connectivity index (χ1v) is 6.66. The highest BCUT2D eigenvalue weighted by Crippen LogP contribution is 2.32. The van der Waals surface area contributed by atoms with E-state index in [1.54, 1.807) is 6.20 Å². The summed E-state index contributed by atoms with van der Waals surface area (Å²) in [6.07, 6.45) is 3.15. The minimum absolute atomic E-state index is 0.0203. The number of fused-ring (bicyclic) bond motifs is 1. The quantitative estimate of drug-likeness (QED) is 0.791. The van der Waals surface area contributed by atoms with E-state index in [4.69, 9.17) is 10.00 Å². The van der Waals surface area contributed by atoms with Gasteiger partial charge in [0.1, 0.15) is 29.5 Å². The van der Waals surface area contributed by atoms with Gasteiger partial charge in [0.25, 0.3) is 0 Å². The van der Waals surface area contributed by atoms with Crippen LogP contribution < -0.4 is 9.64 Å². The van der Waals surface area contributed by atoms with E-state index in [2.05, 4.69) is 19.9 Å². The Hall–Kier alpha value is -3.14. The van der Waals surface area contributed by atoms with Gasteiger partial charge in [0, 0.05) is 25.7 Å². The summed E-state index contributed by atoms with van der Waals surface area (Å²) in [5.41, 5.74) is 3.27. The van der Waals surface area contributed by atoms with Crippen molar-refractivity contribution in [3.8, 4) is 23.2 Å². The second kappa shape index (κ2) is 5.69. The van der Waals surface area contributed by atoms with E-state index in [1.165, 1.54) is 6.33 Å². The van der Waals surface area contributed by atoms with Crippen molar-refractivity contribution in [3.63, 3.8) is 0 Å². The molecule has 0 bridgehead atoms. The molecule has 110 valence electrons. The van der Waals surface area contributed by atoms with Gasteiger partial charge in [-0.25, -0.2) is 15.0 Å². The maximum Gasteiger partial charge on any atom is 0.174 e. The number of hydrogen-bond donors (Lipinski definition) is 1. The third kappa shape index (κ3) is 2.54. The molecule has 1 N–H and O–H groups in total. The highest BCUT2D eigenvalue weighted by atomic mass is 16.5. The number of ether oxygens (including phenoxy) is 1. The van der Waals surface area contributed by atoms with Crippen LogP contribution >= 0.6 is 0 Å². The van der Waals surface area contributed by atoms with Gasteiger partial charge in [0.15, 0.2) is 12.3 Å². The summed E-state index contributed by atoms with van der Waals surface area (Å²) < 4.78 is 5.36. The number of H-pyrrole nitrogens is 1. The molecule has 3 aromatic rings. The van der Waals surface area contributed by atoms with Crippen LogP contribution in [0.4, 0.5) is 5.69 Å². The van der Waals surface area contributed by atoms with Crippen LogP contribution in [0.15, 0.2) is 30.7 Å². The van der Waals surface area contributed by atoms with Crippen LogP contribution in [-0.2, 0) is 0 Å². The van der Waals surface area contributed by atoms with E-state index in [0.717, 1.165) is 11.3 Å². The lowest BCUT2D eigenvalue weighted by Gasteiger charge is -2.17. The number of anilines is 1. The summed E-state index contributed by atoms with van der Waals surface area (Å²) in [6, 6.07) is 7.57. The molecule has 0 aliphatic heterocycles. The molecule has 0 spiro atoms. The van der Waals surface area contributed by atoms with Gasteiger partial charge in [-0.3, -0.25) is 0 Å². The van der Waals surface area contributed by atoms with Crippen LogP contribution in [0.3, 0.4) is 0 Å². The van der Waals surface area contributed by atoms with Crippen LogP contribution in [0.2, 0.25) is 0 Å². The maximum atomic E-state index is 8.61. The third-order valence-electron chi connectivity index (χ3n) is 3.17. The highest BCUT2D eigenvalue weighted by molar-refractivity contribution is 5.81. The van der Waals surface area contributed by atoms with E-state index in [9.17, 15) is 0 Å². The topological polar surface area (TPSA) is 90.7 Å². The Balaban J connectivity index is 2.07. The second-order valence-electron chi connectivity index (χ2n) is 4.86. The molecule has 0 amide bonds. The SMILES string of the molecule is CN(C)c1cc(OCC#N)ccc1-c1nc2cncnc2[nH]1. The molecule has 3 rings (SSSR count). The highest BCUT2D eigenvalue weighted by Gasteiger charge is 2.13. The van der Waals surface area contributed by atoms with Crippen molar-refractivity contribution in [1.29, 1.82) is 5.26 Å². The summed E-state index contributed by atoms with van der Waals surface area (Å²) >= 11 is 0. The lowest BCUT2D eigenvalue weighted by Crippen LogP contribution is -2.10. The van der Waals surface area contributed by atoms with Gasteiger partial charge in [0.2, 0.25) is 0 Å². The number of aromatic nitrogens is 4. The number of nitriles is 1. The number of imidazole rings is 1. The second-order valence-corrected chi connectivity index (χ2v) is 4.86. The average molecular weight is 294 g/mol. The number of nitrogens with one attached hydrogen (secondary N) is 1. The van der Waals surface area contributed by atoms with E-state index in [0.29, 0.717) is 22.7 Å². The Kier molecular flexibility index (Phi) is 3.58. The fourth-order valence-electron chi connectivity index (χ4n) is 2.18. The first-order chi connectivity index (χ1) is 10.7. The fraction of sp³-hybridized carbons (Fsp3) is 0.200. The van der Waals surface area contributed by atoms with Gasteiger partial charge in [-0.15, -0.1) is 0 Å². The molecule has 0 aliphatic rings. The Morgan fingerprint density at radius 2 is 2.23 bits per heavy atom. The van der Waals surface area contributed by atoms with E-state index >= 15 is 0 Å². The molecule has 0 unspecified atom stereocenters. The molecule has 7 nitrogen and oxygen atoms in total. The zero-order chi connectivity index (χ0) is 15.5. The van der Waals surface area contributed by atoms with Crippen LogP contribution in [0.5, 0.6) is 5.75 Å². The van der Waals surface area contributed by atoms with Gasteiger partial charge < -0.3 is 14.6 Å². The fourth-order valence-corrected chi connectivity index (χ4v) is 2.18. The average Bonchev–Trinajstić information content (AvgIpc) is 2.96. The first-order valence-electron chi connectivity index (χ1n) is 6.66. The summed E-state index contributed by atoms with van der Waals surface area (Å²) in [5, 5.41) is 8.61. The normalized spacial score (nSPS) is 10.4. The molecule has 0 saturated carbocycles. The molecule has 22 heavy (non-hydrogen) atoms. The van der Waals surface area contributed by atoms with Crippen LogP contribution in [-0.4, -0.2) is 40.6 Å². The van der Waals surface area contributed by atoms with Crippen molar-refractivity contribution in [2.45, 2.75) is 0 Å². The van der Waals surface area contributed by atoms with Crippen molar-refractivity contribution in [2.24, 2.45) is 0 Å². The third-order valence-corrected chi connectivity index (χ3v) is 3.17. The molecule has 0 saturated heterocycles. The molecule has 0 aliphatic carbocycles. The van der Waals surface area contributed by atoms with Crippen molar-refractivity contribution in [1.82, 2.24) is 19.9 Å². The van der Waals surface area contributed by atoms with E-state index in [-0.39, 0.29) is 6.61 Å². The molecule has 2 aromatic heterocycles. The largest absolute Gasteiger partial charge is 0.479 e. The Morgan fingerprint density at radius 1 is 1.36 bits per heavy atom. The molecular weight excluding hydrogens is 280 g/mol. The summed E-state index contributed by atoms with van der Waals surface area (Å²) in [7, 11) is 3.88. The minimum atomic E-state index is 0.0203. The zero-order valence-corrected chi connectivity index (χ0v) is 12.2. The van der Waals surface area contributed by atoms with Gasteiger partial charge in [-0.05, 0) is 12.1 Å². The van der Waals surface area contributed by atoms with Gasteiger partial charge in [0.05, 0.1) is 11.9 Å². The minimum Gasteiger partial charge on any atom is -0.479 e. The van der Waals surface area contributed by atoms with Crippen molar-refractivity contribution < 1.29 is 4.74 Å². The van der Waals surface area contributed by atoms with E-state index < -0.39 is 0 Å². The van der Waals surface area contributed by atoms with Gasteiger partial charge in [-0.2, -0.15) is 5.26 Å². The van der Waals surface area contributed by atoms with E-state index in [1.807, 2.05) is 43.3 Å². The maximum absolute atomic E-state index is 8.61. The molecule has 0 radical (unpaired) electrons. The molecular formula is C15H14N6O. The first kappa shape index (κ1) is 13.8. The lowest BCUT2D eigenvalue weighted by atomic mass is 10.1. The van der Waals surface area contributed by atoms with Gasteiger partial charge in [-0.1, -0.05) is 0 Å². The lowest BCUT2D eigenvalue weighted by molar-refractivity contribution is 0.368. The molecule has 0 fully saturated rings. The summed E-state index contributed by atoms with van der Waals surface area (Å²) in [6.45, 7) is 0.0203. The molecule has 0 atom stereocenters. The van der Waals surface area contributed by atoms with Crippen LogP contribution in [0.1, 0.15) is 0 Å². The molecule has 2 heterocycles. The standard InChI is InChI=1S/C15H14N6O/c1-21(2)13-7-10(22-6-5-16)3-4-11(13)14-19-12-8-17-9-18-15(12)20-14/h3-4,7-9H,6H2,1-2H3,(H,17,18,19,20). The Bertz CT molecular complexity index is 816. The summed E-state index contributed by atoms with van der Waals surface area (Å²) in [5.74, 6) is 1.36. The van der Waals surface area contributed by atoms with Crippen molar-refractivity contribution in [3.05, 3.63) is 30.7 Å².